The van der Waals surface area contributed by atoms with Gasteiger partial charge in [0.1, 0.15) is 0 Å². The first-order chi connectivity index (χ1) is 12.7. The van der Waals surface area contributed by atoms with E-state index in [1.165, 1.54) is 5.56 Å². The number of hydrogen-bond donors (Lipinski definition) is 0. The van der Waals surface area contributed by atoms with Crippen LogP contribution in [0.1, 0.15) is 23.9 Å². The van der Waals surface area contributed by atoms with Crippen LogP contribution in [0, 0.1) is 6.92 Å². The zero-order valence-electron chi connectivity index (χ0n) is 14.9. The molecule has 0 bridgehead atoms. The van der Waals surface area contributed by atoms with Gasteiger partial charge in [-0.1, -0.05) is 48.0 Å². The lowest BCUT2D eigenvalue weighted by atomic mass is 10.1. The fraction of sp³-hybridized carbons (Fsp3) is 0.300. The van der Waals surface area contributed by atoms with Crippen molar-refractivity contribution in [2.45, 2.75) is 26.9 Å². The molecule has 6 nitrogen and oxygen atoms in total. The number of benzene rings is 2. The Morgan fingerprint density at radius 2 is 1.81 bits per heavy atom. The first kappa shape index (κ1) is 16.6. The quantitative estimate of drug-likeness (QED) is 0.673. The van der Waals surface area contributed by atoms with Gasteiger partial charge in [0.25, 0.3) is 0 Å². The van der Waals surface area contributed by atoms with Crippen molar-refractivity contribution in [1.29, 1.82) is 0 Å². The number of fused-ring (bicyclic) bond motifs is 1. The molecule has 1 aliphatic heterocycles. The van der Waals surface area contributed by atoms with Crippen LogP contribution in [0.5, 0.6) is 11.5 Å². The Hall–Kier alpha value is -2.86. The maximum Gasteiger partial charge on any atom is 0.241 e. The van der Waals surface area contributed by atoms with Gasteiger partial charge in [0, 0.05) is 12.1 Å². The third kappa shape index (κ3) is 3.55. The van der Waals surface area contributed by atoms with Crippen LogP contribution in [0.4, 0.5) is 0 Å². The van der Waals surface area contributed by atoms with Crippen molar-refractivity contribution in [3.63, 3.8) is 0 Å². The minimum absolute atomic E-state index is 0.292. The Labute approximate surface area is 152 Å². The van der Waals surface area contributed by atoms with E-state index < -0.39 is 0 Å². The van der Waals surface area contributed by atoms with Gasteiger partial charge in [-0.3, -0.25) is 4.90 Å². The fourth-order valence-corrected chi connectivity index (χ4v) is 2.91. The van der Waals surface area contributed by atoms with E-state index in [4.69, 9.17) is 14.0 Å². The standard InChI is InChI=1S/C20H21N3O3/c1-3-23(11-15-6-9-17-18(10-15)25-13-24-17)12-19-21-20(22-26-19)16-7-4-14(2)5-8-16/h4-10H,3,11-13H2,1-2H3. The number of ether oxygens (including phenoxy) is 2. The summed E-state index contributed by atoms with van der Waals surface area (Å²) in [4.78, 5) is 6.77. The molecule has 4 rings (SSSR count). The zero-order chi connectivity index (χ0) is 17.9. The molecule has 0 fully saturated rings. The molecule has 1 aliphatic rings. The summed E-state index contributed by atoms with van der Waals surface area (Å²) >= 11 is 0. The van der Waals surface area contributed by atoms with Crippen molar-refractivity contribution < 1.29 is 14.0 Å². The minimum atomic E-state index is 0.292. The highest BCUT2D eigenvalue weighted by Gasteiger charge is 2.16. The molecule has 0 saturated heterocycles. The third-order valence-corrected chi connectivity index (χ3v) is 4.43. The summed E-state index contributed by atoms with van der Waals surface area (Å²) in [6.07, 6.45) is 0. The summed E-state index contributed by atoms with van der Waals surface area (Å²) in [5.41, 5.74) is 3.33. The molecule has 2 aromatic carbocycles. The first-order valence-electron chi connectivity index (χ1n) is 8.72. The summed E-state index contributed by atoms with van der Waals surface area (Å²) in [7, 11) is 0. The van der Waals surface area contributed by atoms with Gasteiger partial charge in [-0.05, 0) is 31.2 Å². The SMILES string of the molecule is CCN(Cc1ccc2c(c1)OCO2)Cc1nc(-c2ccc(C)cc2)no1. The number of rotatable bonds is 6. The van der Waals surface area contributed by atoms with E-state index in [2.05, 4.69) is 35.0 Å². The van der Waals surface area contributed by atoms with Gasteiger partial charge in [0.2, 0.25) is 18.5 Å². The first-order valence-corrected chi connectivity index (χ1v) is 8.72. The summed E-state index contributed by atoms with van der Waals surface area (Å²) in [5, 5.41) is 4.11. The van der Waals surface area contributed by atoms with Gasteiger partial charge in [-0.15, -0.1) is 0 Å². The van der Waals surface area contributed by atoms with Crippen molar-refractivity contribution in [2.24, 2.45) is 0 Å². The monoisotopic (exact) mass is 351 g/mol. The van der Waals surface area contributed by atoms with Crippen LogP contribution >= 0.6 is 0 Å². The third-order valence-electron chi connectivity index (χ3n) is 4.43. The second-order valence-electron chi connectivity index (χ2n) is 6.37. The summed E-state index contributed by atoms with van der Waals surface area (Å²) in [6, 6.07) is 14.1. The molecule has 0 aliphatic carbocycles. The highest BCUT2D eigenvalue weighted by atomic mass is 16.7. The van der Waals surface area contributed by atoms with E-state index in [1.807, 2.05) is 36.4 Å². The van der Waals surface area contributed by atoms with Crippen molar-refractivity contribution in [2.75, 3.05) is 13.3 Å². The Balaban J connectivity index is 1.44. The Bertz CT molecular complexity index is 890. The molecule has 0 saturated carbocycles. The molecule has 0 spiro atoms. The summed E-state index contributed by atoms with van der Waals surface area (Å²) < 4.78 is 16.3. The lowest BCUT2D eigenvalue weighted by Gasteiger charge is -2.18. The fourth-order valence-electron chi connectivity index (χ4n) is 2.91. The Morgan fingerprint density at radius 1 is 1.00 bits per heavy atom. The Morgan fingerprint density at radius 3 is 2.62 bits per heavy atom. The molecule has 0 radical (unpaired) electrons. The maximum absolute atomic E-state index is 5.45. The van der Waals surface area contributed by atoms with Crippen LogP contribution in [-0.4, -0.2) is 28.4 Å². The minimum Gasteiger partial charge on any atom is -0.454 e. The van der Waals surface area contributed by atoms with Gasteiger partial charge in [0.05, 0.1) is 6.54 Å². The van der Waals surface area contributed by atoms with Crippen LogP contribution in [0.25, 0.3) is 11.4 Å². The zero-order valence-corrected chi connectivity index (χ0v) is 14.9. The molecule has 3 aromatic rings. The lowest BCUT2D eigenvalue weighted by molar-refractivity contribution is 0.174. The molecule has 0 amide bonds. The molecular weight excluding hydrogens is 330 g/mol. The smallest absolute Gasteiger partial charge is 0.241 e. The predicted octanol–water partition coefficient (Wildman–Crippen LogP) is 3.80. The maximum atomic E-state index is 5.45. The lowest BCUT2D eigenvalue weighted by Crippen LogP contribution is -2.22. The molecule has 1 aromatic heterocycles. The van der Waals surface area contributed by atoms with Crippen LogP contribution in [0.3, 0.4) is 0 Å². The van der Waals surface area contributed by atoms with E-state index in [0.29, 0.717) is 25.1 Å². The Kier molecular flexibility index (Phi) is 4.58. The van der Waals surface area contributed by atoms with Crippen LogP contribution < -0.4 is 9.47 Å². The topological polar surface area (TPSA) is 60.6 Å². The van der Waals surface area contributed by atoms with Gasteiger partial charge in [-0.2, -0.15) is 4.98 Å². The highest BCUT2D eigenvalue weighted by molar-refractivity contribution is 5.54. The molecule has 0 unspecified atom stereocenters. The second-order valence-corrected chi connectivity index (χ2v) is 6.37. The van der Waals surface area contributed by atoms with E-state index >= 15 is 0 Å². The van der Waals surface area contributed by atoms with E-state index in [1.54, 1.807) is 0 Å². The molecule has 0 atom stereocenters. The highest BCUT2D eigenvalue weighted by Crippen LogP contribution is 2.32. The van der Waals surface area contributed by atoms with Crippen LogP contribution in [-0.2, 0) is 13.1 Å². The van der Waals surface area contributed by atoms with E-state index in [0.717, 1.165) is 35.7 Å². The van der Waals surface area contributed by atoms with Gasteiger partial charge < -0.3 is 14.0 Å². The average molecular weight is 351 g/mol. The number of aryl methyl sites for hydroxylation is 1. The second kappa shape index (κ2) is 7.17. The molecule has 6 heteroatoms. The average Bonchev–Trinajstić information content (AvgIpc) is 3.30. The number of nitrogens with zero attached hydrogens (tertiary/aromatic N) is 3. The van der Waals surface area contributed by atoms with Gasteiger partial charge in [0.15, 0.2) is 11.5 Å². The summed E-state index contributed by atoms with van der Waals surface area (Å²) in [5.74, 6) is 2.84. The molecule has 134 valence electrons. The van der Waals surface area contributed by atoms with Crippen molar-refractivity contribution >= 4 is 0 Å². The molecular formula is C20H21N3O3. The normalized spacial score (nSPS) is 12.7. The van der Waals surface area contributed by atoms with Gasteiger partial charge >= 0.3 is 0 Å². The number of aromatic nitrogens is 2. The largest absolute Gasteiger partial charge is 0.454 e. The summed E-state index contributed by atoms with van der Waals surface area (Å²) in [6.45, 7) is 6.71. The molecule has 0 N–H and O–H groups in total. The van der Waals surface area contributed by atoms with Gasteiger partial charge in [-0.25, -0.2) is 0 Å². The van der Waals surface area contributed by atoms with Crippen molar-refractivity contribution in [1.82, 2.24) is 15.0 Å². The van der Waals surface area contributed by atoms with E-state index in [-0.39, 0.29) is 0 Å². The van der Waals surface area contributed by atoms with Crippen molar-refractivity contribution in [3.8, 4) is 22.9 Å². The molecule has 26 heavy (non-hydrogen) atoms. The van der Waals surface area contributed by atoms with E-state index in [9.17, 15) is 0 Å². The predicted molar refractivity (Wildman–Crippen MR) is 96.8 cm³/mol. The number of hydrogen-bond acceptors (Lipinski definition) is 6. The van der Waals surface area contributed by atoms with Crippen molar-refractivity contribution in [3.05, 3.63) is 59.5 Å². The van der Waals surface area contributed by atoms with Crippen LogP contribution in [0.2, 0.25) is 0 Å². The van der Waals surface area contributed by atoms with Crippen LogP contribution in [0.15, 0.2) is 47.0 Å². The molecule has 2 heterocycles.